The molecular weight excluding hydrogens is 420 g/mol. The Labute approximate surface area is 187 Å². The minimum atomic E-state index is 0.591. The standard InChI is InChI=1S/C22H25ClN4O2S/c1-28-18-9-8-17(21(14-18)29-2)15-27(12-5-11-26-13-10-24-16-26)22(30)25-20-7-4-3-6-19(20)23/h3-4,6-10,13-14,16H,5,11-12,15H2,1-2H3,(H,25,30). The molecule has 1 heterocycles. The number of hydrogen-bond donors (Lipinski definition) is 1. The molecule has 0 radical (unpaired) electrons. The number of aryl methyl sites for hydroxylation is 1. The first-order valence-electron chi connectivity index (χ1n) is 9.58. The summed E-state index contributed by atoms with van der Waals surface area (Å²) in [5.74, 6) is 1.51. The van der Waals surface area contributed by atoms with Crippen LogP contribution in [-0.4, -0.2) is 40.3 Å². The van der Waals surface area contributed by atoms with Crippen molar-refractivity contribution in [1.82, 2.24) is 14.5 Å². The molecule has 0 aliphatic rings. The fourth-order valence-electron chi connectivity index (χ4n) is 3.06. The van der Waals surface area contributed by atoms with Gasteiger partial charge in [-0.25, -0.2) is 4.98 Å². The van der Waals surface area contributed by atoms with Crippen molar-refractivity contribution in [2.75, 3.05) is 26.1 Å². The number of thiocarbonyl (C=S) groups is 1. The first kappa shape index (κ1) is 21.9. The molecule has 30 heavy (non-hydrogen) atoms. The second-order valence-corrected chi connectivity index (χ2v) is 7.46. The van der Waals surface area contributed by atoms with Gasteiger partial charge in [-0.1, -0.05) is 23.7 Å². The molecule has 0 fully saturated rings. The molecule has 0 bridgehead atoms. The van der Waals surface area contributed by atoms with Crippen molar-refractivity contribution >= 4 is 34.6 Å². The second kappa shape index (κ2) is 10.8. The molecule has 0 unspecified atom stereocenters. The minimum absolute atomic E-state index is 0.591. The number of nitrogens with zero attached hydrogens (tertiary/aromatic N) is 3. The number of imidazole rings is 1. The van der Waals surface area contributed by atoms with Crippen LogP contribution in [0.15, 0.2) is 61.2 Å². The normalized spacial score (nSPS) is 10.5. The number of nitrogens with one attached hydrogen (secondary N) is 1. The van der Waals surface area contributed by atoms with Gasteiger partial charge in [-0.05, 0) is 42.9 Å². The molecule has 3 rings (SSSR count). The number of rotatable bonds is 9. The van der Waals surface area contributed by atoms with Crippen molar-refractivity contribution in [3.8, 4) is 11.5 Å². The Morgan fingerprint density at radius 3 is 2.73 bits per heavy atom. The number of ether oxygens (including phenoxy) is 2. The Bertz CT molecular complexity index is 966. The molecule has 1 N–H and O–H groups in total. The lowest BCUT2D eigenvalue weighted by Gasteiger charge is -2.27. The summed E-state index contributed by atoms with van der Waals surface area (Å²) in [6.45, 7) is 2.20. The van der Waals surface area contributed by atoms with Crippen molar-refractivity contribution in [2.24, 2.45) is 0 Å². The van der Waals surface area contributed by atoms with Crippen molar-refractivity contribution in [2.45, 2.75) is 19.5 Å². The van der Waals surface area contributed by atoms with Gasteiger partial charge >= 0.3 is 0 Å². The molecule has 158 valence electrons. The summed E-state index contributed by atoms with van der Waals surface area (Å²) in [7, 11) is 3.29. The molecule has 0 saturated heterocycles. The van der Waals surface area contributed by atoms with E-state index < -0.39 is 0 Å². The lowest BCUT2D eigenvalue weighted by Crippen LogP contribution is -2.35. The fraction of sp³-hybridized carbons (Fsp3) is 0.273. The fourth-order valence-corrected chi connectivity index (χ4v) is 3.51. The van der Waals surface area contributed by atoms with Gasteiger partial charge in [0.25, 0.3) is 0 Å². The minimum Gasteiger partial charge on any atom is -0.497 e. The largest absolute Gasteiger partial charge is 0.497 e. The predicted octanol–water partition coefficient (Wildman–Crippen LogP) is 4.84. The Kier molecular flexibility index (Phi) is 7.93. The molecule has 0 aliphatic carbocycles. The SMILES string of the molecule is COc1ccc(CN(CCCn2ccnc2)C(=S)Nc2ccccc2Cl)c(OC)c1. The highest BCUT2D eigenvalue weighted by atomic mass is 35.5. The van der Waals surface area contributed by atoms with Crippen LogP contribution < -0.4 is 14.8 Å². The summed E-state index contributed by atoms with van der Waals surface area (Å²) in [5.41, 5.74) is 1.80. The zero-order valence-corrected chi connectivity index (χ0v) is 18.6. The van der Waals surface area contributed by atoms with Gasteiger partial charge in [0, 0.05) is 43.7 Å². The molecule has 8 heteroatoms. The van der Waals surface area contributed by atoms with Crippen LogP contribution in [0.4, 0.5) is 5.69 Å². The molecule has 2 aromatic carbocycles. The summed E-state index contributed by atoms with van der Waals surface area (Å²) in [6.07, 6.45) is 6.46. The number of benzene rings is 2. The van der Waals surface area contributed by atoms with Gasteiger partial charge in [-0.15, -0.1) is 0 Å². The Morgan fingerprint density at radius 1 is 1.20 bits per heavy atom. The van der Waals surface area contributed by atoms with E-state index >= 15 is 0 Å². The van der Waals surface area contributed by atoms with Crippen LogP contribution in [0.5, 0.6) is 11.5 Å². The quantitative estimate of drug-likeness (QED) is 0.476. The number of anilines is 1. The summed E-state index contributed by atoms with van der Waals surface area (Å²) in [4.78, 5) is 6.21. The maximum atomic E-state index is 6.30. The van der Waals surface area contributed by atoms with Crippen LogP contribution in [0.25, 0.3) is 0 Å². The predicted molar refractivity (Wildman–Crippen MR) is 124 cm³/mol. The van der Waals surface area contributed by atoms with E-state index in [1.165, 1.54) is 0 Å². The molecule has 0 saturated carbocycles. The number of para-hydroxylation sites is 1. The van der Waals surface area contributed by atoms with Crippen molar-refractivity contribution in [3.63, 3.8) is 0 Å². The molecular formula is C22H25ClN4O2S. The summed E-state index contributed by atoms with van der Waals surface area (Å²) in [6, 6.07) is 13.4. The molecule has 0 aliphatic heterocycles. The highest BCUT2D eigenvalue weighted by Gasteiger charge is 2.15. The Morgan fingerprint density at radius 2 is 2.03 bits per heavy atom. The number of methoxy groups -OCH3 is 2. The third-order valence-electron chi connectivity index (χ3n) is 4.66. The van der Waals surface area contributed by atoms with Crippen LogP contribution in [0, 0.1) is 0 Å². The highest BCUT2D eigenvalue weighted by Crippen LogP contribution is 2.27. The lowest BCUT2D eigenvalue weighted by atomic mass is 10.1. The lowest BCUT2D eigenvalue weighted by molar-refractivity contribution is 0.366. The van der Waals surface area contributed by atoms with E-state index in [-0.39, 0.29) is 0 Å². The Hall–Kier alpha value is -2.77. The van der Waals surface area contributed by atoms with E-state index in [1.807, 2.05) is 55.0 Å². The number of halogens is 1. The van der Waals surface area contributed by atoms with E-state index in [1.54, 1.807) is 20.4 Å². The number of hydrogen-bond acceptors (Lipinski definition) is 4. The van der Waals surface area contributed by atoms with Crippen molar-refractivity contribution in [3.05, 3.63) is 71.8 Å². The van der Waals surface area contributed by atoms with E-state index in [0.29, 0.717) is 16.7 Å². The zero-order chi connectivity index (χ0) is 21.3. The van der Waals surface area contributed by atoms with Crippen LogP contribution >= 0.6 is 23.8 Å². The zero-order valence-electron chi connectivity index (χ0n) is 17.0. The van der Waals surface area contributed by atoms with Gasteiger partial charge in [-0.3, -0.25) is 0 Å². The van der Waals surface area contributed by atoms with E-state index in [0.717, 1.165) is 42.3 Å². The summed E-state index contributed by atoms with van der Waals surface area (Å²) < 4.78 is 12.9. The van der Waals surface area contributed by atoms with Crippen molar-refractivity contribution in [1.29, 1.82) is 0 Å². The first-order chi connectivity index (χ1) is 14.6. The molecule has 3 aromatic rings. The number of aromatic nitrogens is 2. The van der Waals surface area contributed by atoms with Crippen LogP contribution in [0.3, 0.4) is 0 Å². The maximum absolute atomic E-state index is 6.30. The van der Waals surface area contributed by atoms with Crippen molar-refractivity contribution < 1.29 is 9.47 Å². The second-order valence-electron chi connectivity index (χ2n) is 6.66. The molecule has 1 aromatic heterocycles. The first-order valence-corrected chi connectivity index (χ1v) is 10.4. The third-order valence-corrected chi connectivity index (χ3v) is 5.35. The molecule has 0 spiro atoms. The molecule has 0 atom stereocenters. The van der Waals surface area contributed by atoms with E-state index in [4.69, 9.17) is 33.3 Å². The monoisotopic (exact) mass is 444 g/mol. The smallest absolute Gasteiger partial charge is 0.173 e. The van der Waals surface area contributed by atoms with Crippen LogP contribution in [0.1, 0.15) is 12.0 Å². The Balaban J connectivity index is 1.76. The average Bonchev–Trinajstić information content (AvgIpc) is 3.28. The van der Waals surface area contributed by atoms with Gasteiger partial charge in [0.05, 0.1) is 31.3 Å². The molecule has 6 nitrogen and oxygen atoms in total. The topological polar surface area (TPSA) is 51.5 Å². The maximum Gasteiger partial charge on any atom is 0.173 e. The van der Waals surface area contributed by atoms with Gasteiger partial charge in [0.2, 0.25) is 0 Å². The summed E-state index contributed by atoms with van der Waals surface area (Å²) >= 11 is 12.0. The third kappa shape index (κ3) is 5.87. The van der Waals surface area contributed by atoms with Gasteiger partial charge < -0.3 is 24.3 Å². The van der Waals surface area contributed by atoms with Crippen LogP contribution in [-0.2, 0) is 13.1 Å². The van der Waals surface area contributed by atoms with E-state index in [9.17, 15) is 0 Å². The van der Waals surface area contributed by atoms with E-state index in [2.05, 4.69) is 19.8 Å². The molecule has 0 amide bonds. The summed E-state index contributed by atoms with van der Waals surface area (Å²) in [5, 5.41) is 4.50. The van der Waals surface area contributed by atoms with Gasteiger partial charge in [-0.2, -0.15) is 0 Å². The van der Waals surface area contributed by atoms with Gasteiger partial charge in [0.1, 0.15) is 11.5 Å². The van der Waals surface area contributed by atoms with Gasteiger partial charge in [0.15, 0.2) is 5.11 Å². The highest BCUT2D eigenvalue weighted by molar-refractivity contribution is 7.80. The average molecular weight is 445 g/mol. The van der Waals surface area contributed by atoms with Crippen LogP contribution in [0.2, 0.25) is 5.02 Å².